The molecule has 1 unspecified atom stereocenters. The number of aromatic nitrogens is 4. The van der Waals surface area contributed by atoms with Crippen LogP contribution in [0.25, 0.3) is 11.2 Å². The lowest BCUT2D eigenvalue weighted by Gasteiger charge is -2.48. The molecule has 0 spiro atoms. The Morgan fingerprint density at radius 3 is 2.80 bits per heavy atom. The summed E-state index contributed by atoms with van der Waals surface area (Å²) < 4.78 is 12.7. The van der Waals surface area contributed by atoms with Gasteiger partial charge in [0.2, 0.25) is 11.6 Å². The summed E-state index contributed by atoms with van der Waals surface area (Å²) in [6.07, 6.45) is 3.72. The van der Waals surface area contributed by atoms with Gasteiger partial charge in [-0.1, -0.05) is 12.1 Å². The molecule has 2 aromatic heterocycles. The third kappa shape index (κ3) is 3.57. The Labute approximate surface area is 200 Å². The maximum absolute atomic E-state index is 13.6. The summed E-state index contributed by atoms with van der Waals surface area (Å²) in [6.45, 7) is 0.913. The first-order valence-electron chi connectivity index (χ1n) is 11.3. The second-order valence-corrected chi connectivity index (χ2v) is 8.37. The number of carbonyl (C=O) groups is 3. The number of rotatable bonds is 8. The van der Waals surface area contributed by atoms with Crippen LogP contribution in [0.15, 0.2) is 36.9 Å². The molecule has 0 aliphatic carbocycles. The number of nitrogens with two attached hydrogens (primary N) is 1. The number of nitrogen functional groups attached to an aromatic ring is 1. The van der Waals surface area contributed by atoms with Gasteiger partial charge in [0, 0.05) is 33.0 Å². The second-order valence-electron chi connectivity index (χ2n) is 8.37. The lowest BCUT2D eigenvalue weighted by atomic mass is 9.96. The fraction of sp³-hybridized carbons (Fsp3) is 0.391. The highest BCUT2D eigenvalue weighted by Crippen LogP contribution is 2.45. The van der Waals surface area contributed by atoms with Crippen molar-refractivity contribution in [2.24, 2.45) is 0 Å². The zero-order valence-electron chi connectivity index (χ0n) is 19.2. The molecule has 4 heterocycles. The Morgan fingerprint density at radius 1 is 1.14 bits per heavy atom. The van der Waals surface area contributed by atoms with Crippen LogP contribution >= 0.6 is 0 Å². The molecule has 2 aliphatic rings. The van der Waals surface area contributed by atoms with E-state index in [2.05, 4.69) is 15.0 Å². The van der Waals surface area contributed by atoms with Crippen molar-refractivity contribution < 1.29 is 23.9 Å². The highest BCUT2D eigenvalue weighted by Gasteiger charge is 2.61. The number of hydrogen-bond acceptors (Lipinski definition) is 9. The van der Waals surface area contributed by atoms with Gasteiger partial charge in [-0.15, -0.1) is 0 Å². The molecule has 3 aromatic rings. The predicted octanol–water partition coefficient (Wildman–Crippen LogP) is 0.967. The minimum Gasteiger partial charge on any atom is -0.462 e. The summed E-state index contributed by atoms with van der Waals surface area (Å²) >= 11 is 0. The Balaban J connectivity index is 1.37. The topological polar surface area (TPSA) is 146 Å². The van der Waals surface area contributed by atoms with Gasteiger partial charge >= 0.3 is 5.97 Å². The number of carbonyl (C=O) groups excluding carboxylic acids is 3. The molecule has 5 rings (SSSR count). The predicted molar refractivity (Wildman–Crippen MR) is 124 cm³/mol. The second kappa shape index (κ2) is 8.95. The van der Waals surface area contributed by atoms with Crippen LogP contribution in [0.1, 0.15) is 29.6 Å². The third-order valence-electron chi connectivity index (χ3n) is 6.43. The molecule has 0 bridgehead atoms. The van der Waals surface area contributed by atoms with Crippen molar-refractivity contribution in [1.29, 1.82) is 0 Å². The summed E-state index contributed by atoms with van der Waals surface area (Å²) in [5, 5.41) is 0. The first-order valence-corrected chi connectivity index (χ1v) is 11.3. The molecule has 35 heavy (non-hydrogen) atoms. The molecule has 12 heteroatoms. The average Bonchev–Trinajstić information content (AvgIpc) is 3.44. The monoisotopic (exact) mass is 479 g/mol. The van der Waals surface area contributed by atoms with Gasteiger partial charge in [0.25, 0.3) is 5.91 Å². The van der Waals surface area contributed by atoms with Crippen molar-refractivity contribution in [3.8, 4) is 0 Å². The Kier molecular flexibility index (Phi) is 5.81. The molecule has 182 valence electrons. The molecule has 12 nitrogen and oxygen atoms in total. The molecule has 1 saturated heterocycles. The standard InChI is InChI=1S/C23H25N7O5/c1-34-12-10-29-21(32)15-5-2-3-6-16(15)30-17(31)7-8-23(29,30)22(33)35-11-4-9-28-14-27-18-19(24)25-13-26-20(18)28/h2-3,5-6,13-14H,4,7-12H2,1H3,(H2,24,25,26). The van der Waals surface area contributed by atoms with Crippen LogP contribution in [0, 0.1) is 0 Å². The summed E-state index contributed by atoms with van der Waals surface area (Å²) in [7, 11) is 1.52. The number of anilines is 2. The molecule has 2 amide bonds. The van der Waals surface area contributed by atoms with Crippen molar-refractivity contribution in [3.63, 3.8) is 0 Å². The van der Waals surface area contributed by atoms with Crippen molar-refractivity contribution in [1.82, 2.24) is 24.4 Å². The zero-order chi connectivity index (χ0) is 24.6. The quantitative estimate of drug-likeness (QED) is 0.369. The molecule has 2 aliphatic heterocycles. The smallest absolute Gasteiger partial charge is 0.353 e. The van der Waals surface area contributed by atoms with Crippen molar-refractivity contribution in [2.75, 3.05) is 37.5 Å². The van der Waals surface area contributed by atoms with Crippen LogP contribution < -0.4 is 10.6 Å². The van der Waals surface area contributed by atoms with E-state index < -0.39 is 11.6 Å². The van der Waals surface area contributed by atoms with E-state index >= 15 is 0 Å². The van der Waals surface area contributed by atoms with Gasteiger partial charge in [0.15, 0.2) is 11.5 Å². The zero-order valence-corrected chi connectivity index (χ0v) is 19.2. The number of imidazole rings is 1. The minimum atomic E-state index is -1.54. The Hall–Kier alpha value is -4.06. The van der Waals surface area contributed by atoms with E-state index in [-0.39, 0.29) is 44.4 Å². The first-order chi connectivity index (χ1) is 17.0. The van der Waals surface area contributed by atoms with E-state index in [1.54, 1.807) is 35.2 Å². The largest absolute Gasteiger partial charge is 0.462 e. The highest BCUT2D eigenvalue weighted by atomic mass is 16.5. The van der Waals surface area contributed by atoms with E-state index in [4.69, 9.17) is 15.2 Å². The molecule has 0 saturated carbocycles. The Bertz CT molecular complexity index is 1310. The number of esters is 1. The fourth-order valence-corrected chi connectivity index (χ4v) is 4.81. The van der Waals surface area contributed by atoms with Crippen molar-refractivity contribution in [3.05, 3.63) is 42.5 Å². The number of para-hydroxylation sites is 1. The maximum atomic E-state index is 13.6. The van der Waals surface area contributed by atoms with Gasteiger partial charge in [-0.25, -0.2) is 19.7 Å². The van der Waals surface area contributed by atoms with E-state index in [1.807, 2.05) is 0 Å². The maximum Gasteiger partial charge on any atom is 0.353 e. The van der Waals surface area contributed by atoms with Crippen LogP contribution in [0.2, 0.25) is 0 Å². The lowest BCUT2D eigenvalue weighted by molar-refractivity contribution is -0.157. The van der Waals surface area contributed by atoms with Gasteiger partial charge in [0.1, 0.15) is 11.8 Å². The molecular weight excluding hydrogens is 454 g/mol. The van der Waals surface area contributed by atoms with Crippen molar-refractivity contribution in [2.45, 2.75) is 31.5 Å². The van der Waals surface area contributed by atoms with E-state index in [0.29, 0.717) is 41.2 Å². The number of aryl methyl sites for hydroxylation is 1. The van der Waals surface area contributed by atoms with Crippen molar-refractivity contribution >= 4 is 40.5 Å². The van der Waals surface area contributed by atoms with Gasteiger partial charge in [0.05, 0.1) is 30.8 Å². The molecule has 1 fully saturated rings. The highest BCUT2D eigenvalue weighted by molar-refractivity contribution is 6.15. The molecular formula is C23H25N7O5. The summed E-state index contributed by atoms with van der Waals surface area (Å²) in [6, 6.07) is 6.81. The number of benzene rings is 1. The minimum absolute atomic E-state index is 0.0802. The normalized spacial score (nSPS) is 19.2. The number of methoxy groups -OCH3 is 1. The SMILES string of the molecule is COCCN1C(=O)c2ccccc2N2C(=O)CCC12C(=O)OCCCn1cnc2c(N)ncnc21. The van der Waals surface area contributed by atoms with E-state index in [0.717, 1.165) is 0 Å². The van der Waals surface area contributed by atoms with Crippen LogP contribution in [0.4, 0.5) is 11.5 Å². The number of hydrogen-bond donors (Lipinski definition) is 1. The summed E-state index contributed by atoms with van der Waals surface area (Å²) in [5.74, 6) is -0.901. The Morgan fingerprint density at radius 2 is 1.97 bits per heavy atom. The number of amides is 2. The van der Waals surface area contributed by atoms with Gasteiger partial charge in [-0.05, 0) is 18.6 Å². The molecule has 2 N–H and O–H groups in total. The average molecular weight is 479 g/mol. The lowest BCUT2D eigenvalue weighted by Crippen LogP contribution is -2.69. The van der Waals surface area contributed by atoms with Gasteiger partial charge in [-0.3, -0.25) is 14.5 Å². The summed E-state index contributed by atoms with van der Waals surface area (Å²) in [5.41, 5.74) is 6.19. The van der Waals surface area contributed by atoms with E-state index in [9.17, 15) is 14.4 Å². The third-order valence-corrected chi connectivity index (χ3v) is 6.43. The van der Waals surface area contributed by atoms with Crippen LogP contribution in [-0.4, -0.2) is 74.7 Å². The van der Waals surface area contributed by atoms with Crippen LogP contribution in [0.5, 0.6) is 0 Å². The first kappa shape index (κ1) is 22.7. The molecule has 1 atom stereocenters. The number of fused-ring (bicyclic) bond motifs is 4. The van der Waals surface area contributed by atoms with Crippen LogP contribution in [-0.2, 0) is 25.6 Å². The summed E-state index contributed by atoms with van der Waals surface area (Å²) in [4.78, 5) is 55.2. The molecule has 1 aromatic carbocycles. The number of nitrogens with zero attached hydrogens (tertiary/aromatic N) is 6. The fourth-order valence-electron chi connectivity index (χ4n) is 4.81. The van der Waals surface area contributed by atoms with Crippen LogP contribution in [0.3, 0.4) is 0 Å². The number of ether oxygens (including phenoxy) is 2. The van der Waals surface area contributed by atoms with Gasteiger partial charge < -0.3 is 24.7 Å². The van der Waals surface area contributed by atoms with Gasteiger partial charge in [-0.2, -0.15) is 0 Å². The molecule has 0 radical (unpaired) electrons. The van der Waals surface area contributed by atoms with E-state index in [1.165, 1.54) is 23.2 Å².